The minimum atomic E-state index is -0.890. The summed E-state index contributed by atoms with van der Waals surface area (Å²) >= 11 is 0. The van der Waals surface area contributed by atoms with Gasteiger partial charge in [-0.25, -0.2) is 18.7 Å². The van der Waals surface area contributed by atoms with E-state index in [0.717, 1.165) is 18.9 Å². The zero-order chi connectivity index (χ0) is 21.0. The van der Waals surface area contributed by atoms with E-state index in [0.29, 0.717) is 40.2 Å². The molecule has 5 atom stereocenters. The number of amides is 1. The van der Waals surface area contributed by atoms with Gasteiger partial charge in [0.1, 0.15) is 11.9 Å². The second-order valence-electron chi connectivity index (χ2n) is 8.26. The van der Waals surface area contributed by atoms with Crippen molar-refractivity contribution in [1.29, 1.82) is 5.26 Å². The van der Waals surface area contributed by atoms with Crippen LogP contribution in [0.3, 0.4) is 0 Å². The largest absolute Gasteiger partial charge is 0.327 e. The van der Waals surface area contributed by atoms with Gasteiger partial charge in [0.15, 0.2) is 11.6 Å². The van der Waals surface area contributed by atoms with Gasteiger partial charge >= 0.3 is 0 Å². The average molecular weight is 407 g/mol. The number of nitriles is 1. The number of carbonyl (C=O) groups is 1. The molecule has 2 aromatic heterocycles. The number of nitrogens with one attached hydrogen (secondary N) is 1. The number of hydrogen-bond acceptors (Lipinski definition) is 4. The van der Waals surface area contributed by atoms with Gasteiger partial charge in [0.25, 0.3) is 0 Å². The molecule has 152 valence electrons. The summed E-state index contributed by atoms with van der Waals surface area (Å²) in [6.07, 6.45) is 4.88. The summed E-state index contributed by atoms with van der Waals surface area (Å²) in [5.41, 5.74) is 1.50. The van der Waals surface area contributed by atoms with Crippen molar-refractivity contribution in [3.63, 3.8) is 0 Å². The van der Waals surface area contributed by atoms with Gasteiger partial charge in [-0.1, -0.05) is 6.92 Å². The molecule has 6 nitrogen and oxygen atoms in total. The Bertz CT molecular complexity index is 1170. The number of halogens is 2. The molecule has 2 aliphatic carbocycles. The molecule has 0 aliphatic heterocycles. The maximum Gasteiger partial charge on any atom is 0.228 e. The molecule has 0 spiro atoms. The molecule has 2 aliphatic rings. The number of pyridine rings is 1. The van der Waals surface area contributed by atoms with Crippen LogP contribution < -0.4 is 5.32 Å². The lowest BCUT2D eigenvalue weighted by molar-refractivity contribution is -0.120. The third kappa shape index (κ3) is 3.02. The lowest BCUT2D eigenvalue weighted by atomic mass is 9.96. The highest BCUT2D eigenvalue weighted by Gasteiger charge is 2.59. The Morgan fingerprint density at radius 1 is 1.23 bits per heavy atom. The summed E-state index contributed by atoms with van der Waals surface area (Å²) in [7, 11) is 0. The van der Waals surface area contributed by atoms with E-state index in [-0.39, 0.29) is 17.9 Å². The lowest BCUT2D eigenvalue weighted by Gasteiger charge is -2.19. The molecule has 2 saturated carbocycles. The Kier molecular flexibility index (Phi) is 4.28. The maximum absolute atomic E-state index is 13.7. The quantitative estimate of drug-likeness (QED) is 0.707. The van der Waals surface area contributed by atoms with E-state index in [4.69, 9.17) is 5.26 Å². The normalized spacial score (nSPS) is 25.5. The van der Waals surface area contributed by atoms with E-state index < -0.39 is 11.6 Å². The molecule has 2 heterocycles. The van der Waals surface area contributed by atoms with Crippen LogP contribution in [0.2, 0.25) is 0 Å². The molecule has 1 aromatic carbocycles. The molecule has 2 fully saturated rings. The van der Waals surface area contributed by atoms with Gasteiger partial charge in [0, 0.05) is 30.3 Å². The number of imidazole rings is 1. The minimum absolute atomic E-state index is 0.0752. The Morgan fingerprint density at radius 3 is 2.63 bits per heavy atom. The van der Waals surface area contributed by atoms with Crippen molar-refractivity contribution in [2.75, 3.05) is 5.32 Å². The van der Waals surface area contributed by atoms with Crippen LogP contribution in [0, 0.1) is 46.6 Å². The van der Waals surface area contributed by atoms with E-state index >= 15 is 0 Å². The average Bonchev–Trinajstić information content (AvgIpc) is 3.05. The summed E-state index contributed by atoms with van der Waals surface area (Å²) in [6.45, 7) is 1.93. The molecule has 8 heteroatoms. The minimum Gasteiger partial charge on any atom is -0.327 e. The summed E-state index contributed by atoms with van der Waals surface area (Å²) in [5.74, 6) is -0.360. The highest BCUT2D eigenvalue weighted by Crippen LogP contribution is 2.64. The van der Waals surface area contributed by atoms with Gasteiger partial charge in [0.05, 0.1) is 22.9 Å². The number of benzene rings is 1. The Hall–Kier alpha value is -3.34. The van der Waals surface area contributed by atoms with E-state index in [1.807, 2.05) is 17.6 Å². The number of carbonyl (C=O) groups excluding carboxylic acids is 1. The summed E-state index contributed by atoms with van der Waals surface area (Å²) in [6, 6.07) is 7.76. The molecule has 30 heavy (non-hydrogen) atoms. The van der Waals surface area contributed by atoms with Gasteiger partial charge in [-0.3, -0.25) is 4.79 Å². The fourth-order valence-electron chi connectivity index (χ4n) is 5.09. The summed E-state index contributed by atoms with van der Waals surface area (Å²) < 4.78 is 29.0. The molecule has 1 unspecified atom stereocenters. The number of fused-ring (bicyclic) bond motifs is 2. The van der Waals surface area contributed by atoms with Crippen molar-refractivity contribution >= 4 is 22.8 Å². The van der Waals surface area contributed by atoms with Crippen molar-refractivity contribution in [3.8, 4) is 6.07 Å². The molecule has 5 rings (SSSR count). The first-order chi connectivity index (χ1) is 14.5. The van der Waals surface area contributed by atoms with Crippen LogP contribution in [0.5, 0.6) is 0 Å². The molecule has 1 amide bonds. The first-order valence-corrected chi connectivity index (χ1v) is 9.95. The van der Waals surface area contributed by atoms with Crippen molar-refractivity contribution in [2.45, 2.75) is 25.8 Å². The standard InChI is InChI=1S/C22H19F2N5O/c1-11(22(30)28-20-3-2-12(8-25)9-26-20)21-14-4-13(5-15(14)21)29-10-27-18-6-16(23)17(24)7-19(18)29/h2-3,6-7,9-11,13-15,21H,4-5H2,1H3,(H,26,28,30)/t11?,13-,14-,15+,21+. The predicted octanol–water partition coefficient (Wildman–Crippen LogP) is 4.05. The van der Waals surface area contributed by atoms with E-state index in [1.165, 1.54) is 12.3 Å². The molecular weight excluding hydrogens is 388 g/mol. The van der Waals surface area contributed by atoms with Gasteiger partial charge in [-0.2, -0.15) is 5.26 Å². The van der Waals surface area contributed by atoms with Gasteiger partial charge in [0.2, 0.25) is 5.91 Å². The second kappa shape index (κ2) is 6.87. The Labute approximate surface area is 171 Å². The molecule has 1 N–H and O–H groups in total. The van der Waals surface area contributed by atoms with Crippen LogP contribution in [0.25, 0.3) is 11.0 Å². The topological polar surface area (TPSA) is 83.6 Å². The number of hydrogen-bond donors (Lipinski definition) is 1. The van der Waals surface area contributed by atoms with Crippen LogP contribution in [-0.2, 0) is 4.79 Å². The molecular formula is C22H19F2N5O. The first-order valence-electron chi connectivity index (χ1n) is 9.95. The van der Waals surface area contributed by atoms with Crippen LogP contribution in [0.4, 0.5) is 14.6 Å². The monoisotopic (exact) mass is 407 g/mol. The zero-order valence-corrected chi connectivity index (χ0v) is 16.2. The number of anilines is 1. The van der Waals surface area contributed by atoms with Gasteiger partial charge in [-0.05, 0) is 42.7 Å². The maximum atomic E-state index is 13.7. The predicted molar refractivity (Wildman–Crippen MR) is 105 cm³/mol. The van der Waals surface area contributed by atoms with Crippen LogP contribution in [0.1, 0.15) is 31.4 Å². The van der Waals surface area contributed by atoms with Crippen molar-refractivity contribution in [3.05, 3.63) is 54.0 Å². The molecule has 0 bridgehead atoms. The fourth-order valence-corrected chi connectivity index (χ4v) is 5.09. The lowest BCUT2D eigenvalue weighted by Crippen LogP contribution is -2.24. The Morgan fingerprint density at radius 2 is 1.97 bits per heavy atom. The van der Waals surface area contributed by atoms with Gasteiger partial charge in [-0.15, -0.1) is 0 Å². The fraction of sp³-hybridized carbons (Fsp3) is 0.364. The number of rotatable bonds is 4. The highest BCUT2D eigenvalue weighted by molar-refractivity contribution is 5.92. The summed E-state index contributed by atoms with van der Waals surface area (Å²) in [5, 5.41) is 11.7. The zero-order valence-electron chi connectivity index (χ0n) is 16.2. The second-order valence-corrected chi connectivity index (χ2v) is 8.26. The third-order valence-electron chi connectivity index (χ3n) is 6.63. The van der Waals surface area contributed by atoms with Gasteiger partial charge < -0.3 is 9.88 Å². The van der Waals surface area contributed by atoms with E-state index in [9.17, 15) is 13.6 Å². The smallest absolute Gasteiger partial charge is 0.228 e. The SMILES string of the molecule is CC(C(=O)Nc1ccc(C#N)cn1)[C@H]1[C@@H]2C[C@@H](n3cnc4cc(F)c(F)cc43)C[C@@H]21. The van der Waals surface area contributed by atoms with Crippen LogP contribution in [-0.4, -0.2) is 20.4 Å². The highest BCUT2D eigenvalue weighted by atomic mass is 19.2. The molecule has 3 aromatic rings. The number of aromatic nitrogens is 3. The number of nitrogens with zero attached hydrogens (tertiary/aromatic N) is 4. The van der Waals surface area contributed by atoms with Crippen molar-refractivity contribution in [2.24, 2.45) is 23.7 Å². The molecule has 0 saturated heterocycles. The third-order valence-corrected chi connectivity index (χ3v) is 6.63. The van der Waals surface area contributed by atoms with Crippen LogP contribution in [0.15, 0.2) is 36.8 Å². The van der Waals surface area contributed by atoms with Crippen molar-refractivity contribution in [1.82, 2.24) is 14.5 Å². The van der Waals surface area contributed by atoms with E-state index in [2.05, 4.69) is 15.3 Å². The summed E-state index contributed by atoms with van der Waals surface area (Å²) in [4.78, 5) is 20.9. The first kappa shape index (κ1) is 18.7. The van der Waals surface area contributed by atoms with Crippen molar-refractivity contribution < 1.29 is 13.6 Å². The Balaban J connectivity index is 1.23. The van der Waals surface area contributed by atoms with Crippen LogP contribution >= 0.6 is 0 Å². The molecule has 0 radical (unpaired) electrons. The van der Waals surface area contributed by atoms with E-state index in [1.54, 1.807) is 18.5 Å².